The van der Waals surface area contributed by atoms with Crippen LogP contribution in [0.2, 0.25) is 0 Å². The summed E-state index contributed by atoms with van der Waals surface area (Å²) in [6, 6.07) is 6.04. The molecule has 0 aromatic heterocycles. The molecular formula is C14H17N3O3. The summed E-state index contributed by atoms with van der Waals surface area (Å²) in [6.07, 6.45) is 0.368. The van der Waals surface area contributed by atoms with Gasteiger partial charge in [0.1, 0.15) is 11.6 Å². The van der Waals surface area contributed by atoms with Crippen LogP contribution in [0.1, 0.15) is 29.8 Å². The molecule has 3 amide bonds. The molecule has 4 N–H and O–H groups in total. The molecule has 0 aliphatic carbocycles. The molecule has 0 radical (unpaired) electrons. The van der Waals surface area contributed by atoms with E-state index in [1.807, 2.05) is 0 Å². The summed E-state index contributed by atoms with van der Waals surface area (Å²) in [4.78, 5) is 34.7. The van der Waals surface area contributed by atoms with Crippen molar-refractivity contribution >= 4 is 17.7 Å². The highest BCUT2D eigenvalue weighted by atomic mass is 16.2. The first-order valence-corrected chi connectivity index (χ1v) is 6.31. The summed E-state index contributed by atoms with van der Waals surface area (Å²) in [6.45, 7) is 3.30. The molecule has 1 atom stereocenters. The zero-order chi connectivity index (χ0) is 14.9. The molecule has 1 aliphatic heterocycles. The fourth-order valence-corrected chi connectivity index (χ4v) is 2.04. The van der Waals surface area contributed by atoms with Crippen molar-refractivity contribution in [1.82, 2.24) is 10.6 Å². The highest BCUT2D eigenvalue weighted by molar-refractivity contribution is 5.99. The van der Waals surface area contributed by atoms with E-state index < -0.39 is 17.5 Å². The minimum atomic E-state index is -0.886. The van der Waals surface area contributed by atoms with E-state index in [0.717, 1.165) is 5.56 Å². The van der Waals surface area contributed by atoms with Crippen molar-refractivity contribution in [1.29, 1.82) is 0 Å². The van der Waals surface area contributed by atoms with Crippen molar-refractivity contribution < 1.29 is 14.4 Å². The van der Waals surface area contributed by atoms with Gasteiger partial charge < -0.3 is 16.4 Å². The molecule has 0 bridgehead atoms. The fraction of sp³-hybridized carbons (Fsp3) is 0.357. The lowest BCUT2D eigenvalue weighted by Gasteiger charge is -2.34. The maximum atomic E-state index is 11.9. The van der Waals surface area contributed by atoms with E-state index >= 15 is 0 Å². The Kier molecular flexibility index (Phi) is 3.48. The van der Waals surface area contributed by atoms with Crippen molar-refractivity contribution in [2.45, 2.75) is 31.8 Å². The number of amides is 3. The quantitative estimate of drug-likeness (QED) is 0.707. The number of benzene rings is 1. The van der Waals surface area contributed by atoms with Gasteiger partial charge >= 0.3 is 0 Å². The largest absolute Gasteiger partial charge is 0.366 e. The Hall–Kier alpha value is -2.37. The first-order chi connectivity index (χ1) is 9.29. The third-order valence-corrected chi connectivity index (χ3v) is 3.30. The number of nitrogens with one attached hydrogen (secondary N) is 2. The van der Waals surface area contributed by atoms with Gasteiger partial charge in [0.05, 0.1) is 0 Å². The number of rotatable bonds is 3. The van der Waals surface area contributed by atoms with Crippen LogP contribution < -0.4 is 16.4 Å². The van der Waals surface area contributed by atoms with Gasteiger partial charge in [0.15, 0.2) is 0 Å². The molecule has 106 valence electrons. The van der Waals surface area contributed by atoms with Crippen LogP contribution in [0.3, 0.4) is 0 Å². The third-order valence-electron chi connectivity index (χ3n) is 3.30. The highest BCUT2D eigenvalue weighted by Crippen LogP contribution is 2.13. The Labute approximate surface area is 116 Å². The monoisotopic (exact) mass is 275 g/mol. The molecule has 20 heavy (non-hydrogen) atoms. The molecule has 0 unspecified atom stereocenters. The Balaban J connectivity index is 2.08. The molecule has 1 aromatic rings. The summed E-state index contributed by atoms with van der Waals surface area (Å²) in [5.41, 5.74) is 5.52. The number of nitrogens with two attached hydrogens (primary N) is 1. The summed E-state index contributed by atoms with van der Waals surface area (Å²) < 4.78 is 0. The summed E-state index contributed by atoms with van der Waals surface area (Å²) >= 11 is 0. The summed E-state index contributed by atoms with van der Waals surface area (Å²) in [7, 11) is 0. The van der Waals surface area contributed by atoms with E-state index in [1.54, 1.807) is 38.1 Å². The van der Waals surface area contributed by atoms with Crippen molar-refractivity contribution in [3.63, 3.8) is 0 Å². The average Bonchev–Trinajstić information content (AvgIpc) is 2.36. The molecule has 0 spiro atoms. The second-order valence-electron chi connectivity index (χ2n) is 5.41. The topological polar surface area (TPSA) is 101 Å². The van der Waals surface area contributed by atoms with Gasteiger partial charge in [-0.05, 0) is 31.5 Å². The predicted octanol–water partition coefficient (Wildman–Crippen LogP) is -0.279. The molecule has 2 rings (SSSR count). The maximum absolute atomic E-state index is 11.9. The van der Waals surface area contributed by atoms with Gasteiger partial charge in [-0.15, -0.1) is 0 Å². The zero-order valence-corrected chi connectivity index (χ0v) is 11.4. The molecule has 6 nitrogen and oxygen atoms in total. The van der Waals surface area contributed by atoms with Gasteiger partial charge in [0.2, 0.25) is 17.7 Å². The smallest absolute Gasteiger partial charge is 0.248 e. The van der Waals surface area contributed by atoms with Crippen LogP contribution in [0.15, 0.2) is 24.3 Å². The molecule has 1 heterocycles. The molecule has 1 saturated heterocycles. The van der Waals surface area contributed by atoms with Crippen LogP contribution in [0.5, 0.6) is 0 Å². The van der Waals surface area contributed by atoms with Crippen LogP contribution in [0.25, 0.3) is 0 Å². The lowest BCUT2D eigenvalue weighted by molar-refractivity contribution is -0.140. The minimum Gasteiger partial charge on any atom is -0.366 e. The molecule has 1 fully saturated rings. The Bertz CT molecular complexity index is 564. The molecule has 1 aliphatic rings. The zero-order valence-electron chi connectivity index (χ0n) is 11.4. The van der Waals surface area contributed by atoms with Gasteiger partial charge in [-0.2, -0.15) is 0 Å². The highest BCUT2D eigenvalue weighted by Gasteiger charge is 2.39. The molecular weight excluding hydrogens is 258 g/mol. The Morgan fingerprint density at radius 1 is 1.25 bits per heavy atom. The fourth-order valence-electron chi connectivity index (χ4n) is 2.04. The van der Waals surface area contributed by atoms with Crippen molar-refractivity contribution in [3.8, 4) is 0 Å². The second-order valence-corrected chi connectivity index (χ2v) is 5.41. The summed E-state index contributed by atoms with van der Waals surface area (Å²) in [5.74, 6) is -0.925. The van der Waals surface area contributed by atoms with Crippen molar-refractivity contribution in [3.05, 3.63) is 35.4 Å². The lowest BCUT2D eigenvalue weighted by Crippen LogP contribution is -2.67. The number of primary amides is 1. The van der Waals surface area contributed by atoms with Gasteiger partial charge in [0.25, 0.3) is 0 Å². The van der Waals surface area contributed by atoms with Gasteiger partial charge in [-0.25, -0.2) is 0 Å². The number of piperazine rings is 1. The maximum Gasteiger partial charge on any atom is 0.248 e. The SMILES string of the molecule is CC1(C)NC(=O)[C@H](Cc2ccc(C(N)=O)cc2)NC1=O. The van der Waals surface area contributed by atoms with Crippen molar-refractivity contribution in [2.75, 3.05) is 0 Å². The van der Waals surface area contributed by atoms with E-state index in [9.17, 15) is 14.4 Å². The van der Waals surface area contributed by atoms with Crippen molar-refractivity contribution in [2.24, 2.45) is 5.73 Å². The minimum absolute atomic E-state index is 0.212. The lowest BCUT2D eigenvalue weighted by atomic mass is 9.95. The van der Waals surface area contributed by atoms with Crippen LogP contribution in [0, 0.1) is 0 Å². The third kappa shape index (κ3) is 2.79. The normalized spacial score (nSPS) is 21.0. The summed E-state index contributed by atoms with van der Waals surface area (Å²) in [5, 5.41) is 5.38. The number of hydrogen-bond acceptors (Lipinski definition) is 3. The van der Waals surface area contributed by atoms with E-state index in [4.69, 9.17) is 5.73 Å². The van der Waals surface area contributed by atoms with E-state index in [-0.39, 0.29) is 11.8 Å². The first kappa shape index (κ1) is 14.0. The average molecular weight is 275 g/mol. The number of carbonyl (C=O) groups is 3. The van der Waals surface area contributed by atoms with Crippen LogP contribution in [-0.2, 0) is 16.0 Å². The second kappa shape index (κ2) is 4.96. The van der Waals surface area contributed by atoms with Gasteiger partial charge in [-0.3, -0.25) is 14.4 Å². The Morgan fingerprint density at radius 2 is 1.85 bits per heavy atom. The van der Waals surface area contributed by atoms with Gasteiger partial charge in [0, 0.05) is 12.0 Å². The van der Waals surface area contributed by atoms with E-state index in [1.165, 1.54) is 0 Å². The standard InChI is InChI=1S/C14H17N3O3/c1-14(2)13(20)16-10(12(19)17-14)7-8-3-5-9(6-4-8)11(15)18/h3-6,10H,7H2,1-2H3,(H2,15,18)(H,16,20)(H,17,19)/t10-/m0/s1. The van der Waals surface area contributed by atoms with E-state index in [2.05, 4.69) is 10.6 Å². The Morgan fingerprint density at radius 3 is 2.40 bits per heavy atom. The van der Waals surface area contributed by atoms with E-state index in [0.29, 0.717) is 12.0 Å². The predicted molar refractivity (Wildman–Crippen MR) is 72.8 cm³/mol. The van der Waals surface area contributed by atoms with Crippen LogP contribution in [-0.4, -0.2) is 29.3 Å². The number of carbonyl (C=O) groups excluding carboxylic acids is 3. The first-order valence-electron chi connectivity index (χ1n) is 6.31. The molecule has 0 saturated carbocycles. The number of hydrogen-bond donors (Lipinski definition) is 3. The van der Waals surface area contributed by atoms with Crippen LogP contribution >= 0.6 is 0 Å². The van der Waals surface area contributed by atoms with Crippen LogP contribution in [0.4, 0.5) is 0 Å². The molecule has 1 aromatic carbocycles. The van der Waals surface area contributed by atoms with Gasteiger partial charge in [-0.1, -0.05) is 12.1 Å². The molecule has 6 heteroatoms.